The second-order valence-corrected chi connectivity index (χ2v) is 7.79. The van der Waals surface area contributed by atoms with Crippen molar-refractivity contribution in [2.24, 2.45) is 13.0 Å². The molecule has 3 rings (SSSR count). The summed E-state index contributed by atoms with van der Waals surface area (Å²) in [6.07, 6.45) is 3.25. The second kappa shape index (κ2) is 7.28. The Kier molecular flexibility index (Phi) is 5.27. The van der Waals surface area contributed by atoms with Crippen LogP contribution in [0.4, 0.5) is 0 Å². The average Bonchev–Trinajstić information content (AvgIpc) is 2.77. The van der Waals surface area contributed by atoms with Crippen LogP contribution in [-0.4, -0.2) is 57.5 Å². The fourth-order valence-corrected chi connectivity index (χ4v) is 4.05. The molecule has 6 nitrogen and oxygen atoms in total. The van der Waals surface area contributed by atoms with Crippen LogP contribution in [0.25, 0.3) is 0 Å². The van der Waals surface area contributed by atoms with Crippen molar-refractivity contribution in [3.05, 3.63) is 27.4 Å². The Labute approximate surface area is 149 Å². The van der Waals surface area contributed by atoms with Crippen LogP contribution in [0.3, 0.4) is 0 Å². The molecule has 1 aromatic heterocycles. The third-order valence-corrected chi connectivity index (χ3v) is 5.72. The molecule has 3 heterocycles. The number of carbonyl (C=O) groups is 1. The summed E-state index contributed by atoms with van der Waals surface area (Å²) in [7, 11) is 1.80. The number of rotatable bonds is 3. The summed E-state index contributed by atoms with van der Waals surface area (Å²) in [5.74, 6) is 1.60. The molecule has 1 fully saturated rings. The van der Waals surface area contributed by atoms with Crippen molar-refractivity contribution in [3.63, 3.8) is 0 Å². The first-order chi connectivity index (χ1) is 11.9. The predicted molar refractivity (Wildman–Crippen MR) is 97.6 cm³/mol. The molecule has 0 bridgehead atoms. The molecule has 2 aliphatic rings. The SMILES string of the molecule is Cc1nc2c(c(=O)n1C)CCN(CC1CCC(=O)N(C(C)C)C1)CC2. The molecule has 138 valence electrons. The van der Waals surface area contributed by atoms with Crippen LogP contribution in [0.1, 0.15) is 43.8 Å². The molecule has 0 saturated carbocycles. The molecular formula is C19H30N4O2. The van der Waals surface area contributed by atoms with Crippen LogP contribution in [0, 0.1) is 12.8 Å². The van der Waals surface area contributed by atoms with Gasteiger partial charge in [0.2, 0.25) is 5.91 Å². The first-order valence-electron chi connectivity index (χ1n) is 9.44. The number of aryl methyl sites for hydroxylation is 1. The van der Waals surface area contributed by atoms with E-state index in [2.05, 4.69) is 23.7 Å². The van der Waals surface area contributed by atoms with Gasteiger partial charge in [0.15, 0.2) is 0 Å². The number of carbonyl (C=O) groups excluding carboxylic acids is 1. The zero-order chi connectivity index (χ0) is 18.1. The smallest absolute Gasteiger partial charge is 0.256 e. The minimum atomic E-state index is 0.110. The molecule has 0 radical (unpaired) electrons. The average molecular weight is 346 g/mol. The summed E-state index contributed by atoms with van der Waals surface area (Å²) in [4.78, 5) is 33.7. The van der Waals surface area contributed by atoms with Gasteiger partial charge in [0.1, 0.15) is 5.82 Å². The van der Waals surface area contributed by atoms with Crippen LogP contribution < -0.4 is 5.56 Å². The van der Waals surface area contributed by atoms with E-state index in [0.717, 1.165) is 62.5 Å². The van der Waals surface area contributed by atoms with Gasteiger partial charge >= 0.3 is 0 Å². The molecule has 0 spiro atoms. The third kappa shape index (κ3) is 3.78. The lowest BCUT2D eigenvalue weighted by Gasteiger charge is -2.37. The first kappa shape index (κ1) is 18.1. The second-order valence-electron chi connectivity index (χ2n) is 7.79. The zero-order valence-corrected chi connectivity index (χ0v) is 15.9. The van der Waals surface area contributed by atoms with Crippen molar-refractivity contribution < 1.29 is 4.79 Å². The largest absolute Gasteiger partial charge is 0.340 e. The Morgan fingerprint density at radius 2 is 1.88 bits per heavy atom. The highest BCUT2D eigenvalue weighted by Gasteiger charge is 2.29. The van der Waals surface area contributed by atoms with Crippen molar-refractivity contribution >= 4 is 5.91 Å². The zero-order valence-electron chi connectivity index (χ0n) is 15.9. The van der Waals surface area contributed by atoms with Crippen molar-refractivity contribution in [3.8, 4) is 0 Å². The minimum Gasteiger partial charge on any atom is -0.340 e. The molecule has 1 atom stereocenters. The number of amides is 1. The lowest BCUT2D eigenvalue weighted by molar-refractivity contribution is -0.136. The summed E-state index contributed by atoms with van der Waals surface area (Å²) in [5.41, 5.74) is 1.97. The van der Waals surface area contributed by atoms with E-state index in [1.54, 1.807) is 11.6 Å². The molecule has 25 heavy (non-hydrogen) atoms. The van der Waals surface area contributed by atoms with Gasteiger partial charge in [-0.25, -0.2) is 4.98 Å². The van der Waals surface area contributed by atoms with E-state index in [-0.39, 0.29) is 17.5 Å². The minimum absolute atomic E-state index is 0.110. The van der Waals surface area contributed by atoms with Crippen molar-refractivity contribution in [1.82, 2.24) is 19.4 Å². The number of hydrogen-bond donors (Lipinski definition) is 0. The summed E-state index contributed by atoms with van der Waals surface area (Å²) >= 11 is 0. The molecule has 0 N–H and O–H groups in total. The fourth-order valence-electron chi connectivity index (χ4n) is 4.05. The summed E-state index contributed by atoms with van der Waals surface area (Å²) in [5, 5.41) is 0. The van der Waals surface area contributed by atoms with Crippen LogP contribution >= 0.6 is 0 Å². The number of likely N-dealkylation sites (tertiary alicyclic amines) is 1. The highest BCUT2D eigenvalue weighted by molar-refractivity contribution is 5.77. The Morgan fingerprint density at radius 1 is 1.16 bits per heavy atom. The molecule has 1 amide bonds. The maximum absolute atomic E-state index is 12.5. The monoisotopic (exact) mass is 346 g/mol. The van der Waals surface area contributed by atoms with E-state index in [0.29, 0.717) is 12.3 Å². The Hall–Kier alpha value is -1.69. The maximum Gasteiger partial charge on any atom is 0.256 e. The van der Waals surface area contributed by atoms with E-state index < -0.39 is 0 Å². The molecule has 1 aromatic rings. The van der Waals surface area contributed by atoms with Gasteiger partial charge in [-0.1, -0.05) is 0 Å². The summed E-state index contributed by atoms with van der Waals surface area (Å²) in [6, 6.07) is 0.277. The van der Waals surface area contributed by atoms with Crippen molar-refractivity contribution in [2.45, 2.75) is 52.5 Å². The van der Waals surface area contributed by atoms with E-state index in [4.69, 9.17) is 0 Å². The molecule has 1 unspecified atom stereocenters. The highest BCUT2D eigenvalue weighted by atomic mass is 16.2. The lowest BCUT2D eigenvalue weighted by atomic mass is 9.95. The van der Waals surface area contributed by atoms with Gasteiger partial charge in [0, 0.05) is 57.7 Å². The van der Waals surface area contributed by atoms with Crippen LogP contribution in [0.2, 0.25) is 0 Å². The molecule has 1 saturated heterocycles. The van der Waals surface area contributed by atoms with Gasteiger partial charge in [-0.05, 0) is 39.5 Å². The Morgan fingerprint density at radius 3 is 2.60 bits per heavy atom. The van der Waals surface area contributed by atoms with Gasteiger partial charge in [-0.15, -0.1) is 0 Å². The number of aromatic nitrogens is 2. The number of nitrogens with zero attached hydrogens (tertiary/aromatic N) is 4. The summed E-state index contributed by atoms with van der Waals surface area (Å²) in [6.45, 7) is 9.78. The standard InChI is InChI=1S/C19H30N4O2/c1-13(2)23-12-15(5-6-18(23)24)11-22-9-7-16-17(8-10-22)20-14(3)21(4)19(16)25/h13,15H,5-12H2,1-4H3. The molecule has 2 aliphatic heterocycles. The summed E-state index contributed by atoms with van der Waals surface area (Å²) < 4.78 is 1.65. The maximum atomic E-state index is 12.5. The fraction of sp³-hybridized carbons (Fsp3) is 0.737. The van der Waals surface area contributed by atoms with E-state index in [9.17, 15) is 9.59 Å². The molecule has 0 aliphatic carbocycles. The van der Waals surface area contributed by atoms with E-state index in [1.165, 1.54) is 0 Å². The van der Waals surface area contributed by atoms with Crippen LogP contribution in [0.15, 0.2) is 4.79 Å². The van der Waals surface area contributed by atoms with E-state index in [1.807, 2.05) is 11.8 Å². The lowest BCUT2D eigenvalue weighted by Crippen LogP contribution is -2.47. The van der Waals surface area contributed by atoms with Crippen LogP contribution in [-0.2, 0) is 24.7 Å². The molecular weight excluding hydrogens is 316 g/mol. The molecule has 6 heteroatoms. The Bertz CT molecular complexity index is 710. The van der Waals surface area contributed by atoms with Crippen molar-refractivity contribution in [2.75, 3.05) is 26.2 Å². The van der Waals surface area contributed by atoms with Crippen molar-refractivity contribution in [1.29, 1.82) is 0 Å². The topological polar surface area (TPSA) is 58.4 Å². The third-order valence-electron chi connectivity index (χ3n) is 5.72. The number of fused-ring (bicyclic) bond motifs is 1. The number of piperidine rings is 1. The quantitative estimate of drug-likeness (QED) is 0.823. The highest BCUT2D eigenvalue weighted by Crippen LogP contribution is 2.22. The van der Waals surface area contributed by atoms with Gasteiger partial charge in [0.05, 0.1) is 5.69 Å². The van der Waals surface area contributed by atoms with Crippen LogP contribution in [0.5, 0.6) is 0 Å². The number of hydrogen-bond acceptors (Lipinski definition) is 4. The van der Waals surface area contributed by atoms with E-state index >= 15 is 0 Å². The van der Waals surface area contributed by atoms with Gasteiger partial charge in [-0.3, -0.25) is 14.2 Å². The normalized spacial score (nSPS) is 22.2. The van der Waals surface area contributed by atoms with Gasteiger partial charge < -0.3 is 9.80 Å². The van der Waals surface area contributed by atoms with Gasteiger partial charge in [0.25, 0.3) is 5.56 Å². The van der Waals surface area contributed by atoms with Gasteiger partial charge in [-0.2, -0.15) is 0 Å². The first-order valence-corrected chi connectivity index (χ1v) is 9.44. The Balaban J connectivity index is 1.66. The molecule has 0 aromatic carbocycles. The predicted octanol–water partition coefficient (Wildman–Crippen LogP) is 1.14.